The molecule has 0 aliphatic heterocycles. The highest BCUT2D eigenvalue weighted by atomic mass is 19.1. The van der Waals surface area contributed by atoms with Crippen molar-refractivity contribution < 1.29 is 8.78 Å². The maximum atomic E-state index is 13.0. The molecule has 1 heterocycles. The minimum atomic E-state index is -0.604. The van der Waals surface area contributed by atoms with E-state index in [0.717, 1.165) is 6.07 Å². The molecule has 17 heavy (non-hydrogen) atoms. The predicted molar refractivity (Wildman–Crippen MR) is 62.7 cm³/mol. The van der Waals surface area contributed by atoms with E-state index in [9.17, 15) is 8.78 Å². The van der Waals surface area contributed by atoms with Crippen molar-refractivity contribution in [3.05, 3.63) is 35.9 Å². The average Bonchev–Trinajstić information content (AvgIpc) is 2.63. The maximum absolute atomic E-state index is 13.0. The Hall–Kier alpha value is -1.91. The summed E-state index contributed by atoms with van der Waals surface area (Å²) in [5, 5.41) is 9.84. The molecular formula is C12H13F2N3. The van der Waals surface area contributed by atoms with Crippen LogP contribution in [0.5, 0.6) is 0 Å². The van der Waals surface area contributed by atoms with Crippen LogP contribution in [0.1, 0.15) is 13.8 Å². The summed E-state index contributed by atoms with van der Waals surface area (Å²) < 4.78 is 26.1. The van der Waals surface area contributed by atoms with Crippen molar-refractivity contribution in [2.24, 2.45) is 0 Å². The van der Waals surface area contributed by atoms with Crippen LogP contribution in [0.25, 0.3) is 11.3 Å². The number of anilines is 1. The Morgan fingerprint density at radius 3 is 2.35 bits per heavy atom. The van der Waals surface area contributed by atoms with Crippen LogP contribution in [0.3, 0.4) is 0 Å². The van der Waals surface area contributed by atoms with Gasteiger partial charge in [0.1, 0.15) is 17.5 Å². The van der Waals surface area contributed by atoms with Gasteiger partial charge >= 0.3 is 0 Å². The van der Waals surface area contributed by atoms with Gasteiger partial charge in [0, 0.05) is 23.7 Å². The number of hydrogen-bond donors (Lipinski definition) is 2. The summed E-state index contributed by atoms with van der Waals surface area (Å²) in [6.45, 7) is 3.96. The zero-order valence-corrected chi connectivity index (χ0v) is 9.59. The zero-order chi connectivity index (χ0) is 12.4. The number of H-pyrrole nitrogens is 1. The van der Waals surface area contributed by atoms with Gasteiger partial charge in [-0.05, 0) is 26.0 Å². The molecule has 1 aromatic carbocycles. The fourth-order valence-electron chi connectivity index (χ4n) is 1.55. The van der Waals surface area contributed by atoms with Gasteiger partial charge in [0.15, 0.2) is 0 Å². The molecule has 0 saturated carbocycles. The van der Waals surface area contributed by atoms with E-state index in [4.69, 9.17) is 0 Å². The molecule has 5 heteroatoms. The van der Waals surface area contributed by atoms with Gasteiger partial charge in [0.25, 0.3) is 0 Å². The number of rotatable bonds is 3. The Labute approximate surface area is 97.9 Å². The Morgan fingerprint density at radius 1 is 1.12 bits per heavy atom. The predicted octanol–water partition coefficient (Wildman–Crippen LogP) is 3.18. The number of hydrogen-bond acceptors (Lipinski definition) is 2. The quantitative estimate of drug-likeness (QED) is 0.860. The van der Waals surface area contributed by atoms with Crippen LogP contribution < -0.4 is 5.32 Å². The number of aromatic nitrogens is 2. The first-order chi connectivity index (χ1) is 8.04. The van der Waals surface area contributed by atoms with E-state index in [2.05, 4.69) is 15.5 Å². The van der Waals surface area contributed by atoms with E-state index >= 15 is 0 Å². The molecule has 2 aromatic rings. The summed E-state index contributed by atoms with van der Waals surface area (Å²) in [6.07, 6.45) is 0. The Bertz CT molecular complexity index is 500. The third-order valence-corrected chi connectivity index (χ3v) is 2.19. The van der Waals surface area contributed by atoms with Gasteiger partial charge in [-0.1, -0.05) is 0 Å². The Morgan fingerprint density at radius 2 is 1.76 bits per heavy atom. The zero-order valence-electron chi connectivity index (χ0n) is 9.59. The highest BCUT2D eigenvalue weighted by Crippen LogP contribution is 2.22. The highest BCUT2D eigenvalue weighted by Gasteiger charge is 2.07. The molecule has 0 fully saturated rings. The number of nitrogens with one attached hydrogen (secondary N) is 2. The lowest BCUT2D eigenvalue weighted by atomic mass is 10.1. The fourth-order valence-corrected chi connectivity index (χ4v) is 1.55. The van der Waals surface area contributed by atoms with E-state index in [1.807, 2.05) is 13.8 Å². The minimum absolute atomic E-state index is 0.246. The molecule has 3 nitrogen and oxygen atoms in total. The van der Waals surface area contributed by atoms with E-state index in [-0.39, 0.29) is 6.04 Å². The van der Waals surface area contributed by atoms with Crippen molar-refractivity contribution in [2.45, 2.75) is 19.9 Å². The van der Waals surface area contributed by atoms with Crippen LogP contribution >= 0.6 is 0 Å². The number of benzene rings is 1. The van der Waals surface area contributed by atoms with Crippen molar-refractivity contribution >= 4 is 5.82 Å². The summed E-state index contributed by atoms with van der Waals surface area (Å²) in [7, 11) is 0. The summed E-state index contributed by atoms with van der Waals surface area (Å²) in [4.78, 5) is 0. The Kier molecular flexibility index (Phi) is 3.08. The molecule has 0 aliphatic rings. The number of aromatic amines is 1. The molecular weight excluding hydrogens is 224 g/mol. The molecule has 0 bridgehead atoms. The van der Waals surface area contributed by atoms with Gasteiger partial charge in [-0.2, -0.15) is 5.10 Å². The number of nitrogens with zero attached hydrogens (tertiary/aromatic N) is 1. The summed E-state index contributed by atoms with van der Waals surface area (Å²) in [5.41, 5.74) is 1.01. The smallest absolute Gasteiger partial charge is 0.148 e. The normalized spacial score (nSPS) is 10.9. The van der Waals surface area contributed by atoms with Crippen LogP contribution in [0, 0.1) is 11.6 Å². The first-order valence-electron chi connectivity index (χ1n) is 5.33. The average molecular weight is 237 g/mol. The fraction of sp³-hybridized carbons (Fsp3) is 0.250. The van der Waals surface area contributed by atoms with Gasteiger partial charge in [0.05, 0.1) is 5.69 Å². The van der Waals surface area contributed by atoms with Crippen molar-refractivity contribution in [1.29, 1.82) is 0 Å². The maximum Gasteiger partial charge on any atom is 0.148 e. The minimum Gasteiger partial charge on any atom is -0.366 e. The SMILES string of the molecule is CC(C)Nc1cc(-c2cc(F)cc(F)c2)[nH]n1. The molecule has 0 atom stereocenters. The van der Waals surface area contributed by atoms with Crippen LogP contribution in [-0.4, -0.2) is 16.2 Å². The molecule has 90 valence electrons. The second kappa shape index (κ2) is 4.53. The molecule has 0 saturated heterocycles. The molecule has 2 rings (SSSR count). The molecule has 0 spiro atoms. The monoisotopic (exact) mass is 237 g/mol. The summed E-state index contributed by atoms with van der Waals surface area (Å²) >= 11 is 0. The topological polar surface area (TPSA) is 40.7 Å². The van der Waals surface area contributed by atoms with Gasteiger partial charge in [0.2, 0.25) is 0 Å². The molecule has 0 aliphatic carbocycles. The molecule has 0 amide bonds. The number of halogens is 2. The van der Waals surface area contributed by atoms with Crippen LogP contribution in [0.15, 0.2) is 24.3 Å². The lowest BCUT2D eigenvalue weighted by Gasteiger charge is -2.04. The third-order valence-electron chi connectivity index (χ3n) is 2.19. The molecule has 2 N–H and O–H groups in total. The van der Waals surface area contributed by atoms with Gasteiger partial charge in [-0.15, -0.1) is 0 Å². The first-order valence-corrected chi connectivity index (χ1v) is 5.33. The van der Waals surface area contributed by atoms with Gasteiger partial charge in [-0.3, -0.25) is 5.10 Å². The lowest BCUT2D eigenvalue weighted by Crippen LogP contribution is -2.09. The van der Waals surface area contributed by atoms with Crippen LogP contribution in [-0.2, 0) is 0 Å². The van der Waals surface area contributed by atoms with Crippen molar-refractivity contribution in [3.63, 3.8) is 0 Å². The summed E-state index contributed by atoms with van der Waals surface area (Å²) in [6, 6.07) is 5.32. The van der Waals surface area contributed by atoms with Gasteiger partial charge < -0.3 is 5.32 Å². The third kappa shape index (κ3) is 2.81. The van der Waals surface area contributed by atoms with Crippen LogP contribution in [0.2, 0.25) is 0 Å². The van der Waals surface area contributed by atoms with Gasteiger partial charge in [-0.25, -0.2) is 8.78 Å². The van der Waals surface area contributed by atoms with E-state index in [1.54, 1.807) is 6.07 Å². The van der Waals surface area contributed by atoms with E-state index in [0.29, 0.717) is 17.1 Å². The second-order valence-corrected chi connectivity index (χ2v) is 4.12. The first kappa shape index (κ1) is 11.6. The summed E-state index contributed by atoms with van der Waals surface area (Å²) in [5.74, 6) is -0.555. The second-order valence-electron chi connectivity index (χ2n) is 4.12. The lowest BCUT2D eigenvalue weighted by molar-refractivity contribution is 0.584. The van der Waals surface area contributed by atoms with Crippen molar-refractivity contribution in [2.75, 3.05) is 5.32 Å². The van der Waals surface area contributed by atoms with Crippen molar-refractivity contribution in [1.82, 2.24) is 10.2 Å². The Balaban J connectivity index is 2.30. The molecule has 0 radical (unpaired) electrons. The highest BCUT2D eigenvalue weighted by molar-refractivity contribution is 5.62. The van der Waals surface area contributed by atoms with Crippen LogP contribution in [0.4, 0.5) is 14.6 Å². The molecule has 0 unspecified atom stereocenters. The molecule has 1 aromatic heterocycles. The largest absolute Gasteiger partial charge is 0.366 e. The van der Waals surface area contributed by atoms with E-state index in [1.165, 1.54) is 12.1 Å². The van der Waals surface area contributed by atoms with E-state index < -0.39 is 11.6 Å². The standard InChI is InChI=1S/C12H13F2N3/c1-7(2)15-12-6-11(16-17-12)8-3-9(13)5-10(14)4-8/h3-7H,1-2H3,(H2,15,16,17). The van der Waals surface area contributed by atoms with Crippen molar-refractivity contribution in [3.8, 4) is 11.3 Å².